The van der Waals surface area contributed by atoms with Crippen molar-refractivity contribution < 1.29 is 32.9 Å². The first-order valence-corrected chi connectivity index (χ1v) is 33.8. The lowest BCUT2D eigenvalue weighted by Crippen LogP contribution is -2.45. The summed E-state index contributed by atoms with van der Waals surface area (Å²) < 4.78 is 23.7. The number of likely N-dealkylation sites (N-methyl/N-ethyl adjacent to an activating group) is 1. The Morgan fingerprint density at radius 3 is 1.18 bits per heavy atom. The van der Waals surface area contributed by atoms with Crippen LogP contribution >= 0.6 is 7.82 Å². The zero-order valence-electron chi connectivity index (χ0n) is 51.4. The number of unbranched alkanes of at least 4 members (excludes halogenated alkanes) is 29. The van der Waals surface area contributed by atoms with Crippen LogP contribution in [0.25, 0.3) is 0 Å². The lowest BCUT2D eigenvalue weighted by atomic mass is 10.0. The van der Waals surface area contributed by atoms with Gasteiger partial charge < -0.3 is 19.8 Å². The first kappa shape index (κ1) is 75.2. The maximum absolute atomic E-state index is 13.0. The number of carbonyl (C=O) groups excluding carboxylic acids is 1. The summed E-state index contributed by atoms with van der Waals surface area (Å²) in [6, 6.07) is -0.875. The number of carbonyl (C=O) groups is 1. The summed E-state index contributed by atoms with van der Waals surface area (Å²) >= 11 is 0. The van der Waals surface area contributed by atoms with Gasteiger partial charge in [0.2, 0.25) is 5.91 Å². The van der Waals surface area contributed by atoms with E-state index in [1.165, 1.54) is 167 Å². The van der Waals surface area contributed by atoms with E-state index in [1.807, 2.05) is 27.2 Å². The van der Waals surface area contributed by atoms with Gasteiger partial charge in [0.15, 0.2) is 0 Å². The number of hydrogen-bond acceptors (Lipinski definition) is 5. The van der Waals surface area contributed by atoms with Crippen LogP contribution in [0.15, 0.2) is 109 Å². The standard InChI is InChI=1S/C69H123N2O6P/c1-6-8-10-12-14-16-18-20-22-24-26-27-28-29-30-31-32-33-34-35-36-37-38-39-40-41-42-43-45-47-49-51-53-55-57-59-61-63-69(73)70-67(66-77-78(74,75)76-65-64-71(3,4)5)68(72)62-60-58-56-54-52-50-48-46-44-25-23-21-19-17-15-13-11-9-7-2/h8,10,14,16,20,22,26-27,29-30,32-33,44,46,52,54,60,62,67-68,72H,6-7,9,11-13,15,17-19,21,23-25,28,31,34-43,45,47-51,53,55-59,61,63-66H2,1-5H3,(H-,70,73,74,75)/p+1/b10-8-,16-14-,22-20-,27-26-,30-29-,33-32-,46-44+,54-52+,62-60+. The summed E-state index contributed by atoms with van der Waals surface area (Å²) in [5.74, 6) is -0.191. The van der Waals surface area contributed by atoms with E-state index in [9.17, 15) is 19.4 Å². The second kappa shape index (κ2) is 58.8. The third kappa shape index (κ3) is 60.8. The van der Waals surface area contributed by atoms with E-state index < -0.39 is 20.0 Å². The van der Waals surface area contributed by atoms with Crippen LogP contribution in [-0.2, 0) is 18.4 Å². The first-order chi connectivity index (χ1) is 38.0. The maximum Gasteiger partial charge on any atom is 0.472 e. The van der Waals surface area contributed by atoms with Crippen molar-refractivity contribution in [2.24, 2.45) is 0 Å². The Hall–Kier alpha value is -2.84. The Morgan fingerprint density at radius 1 is 0.449 bits per heavy atom. The highest BCUT2D eigenvalue weighted by atomic mass is 31.2. The molecule has 3 N–H and O–H groups in total. The number of hydrogen-bond donors (Lipinski definition) is 3. The second-order valence-electron chi connectivity index (χ2n) is 22.7. The van der Waals surface area contributed by atoms with Crippen molar-refractivity contribution in [1.29, 1.82) is 0 Å². The van der Waals surface area contributed by atoms with Crippen LogP contribution in [-0.4, -0.2) is 73.4 Å². The van der Waals surface area contributed by atoms with Crippen molar-refractivity contribution >= 4 is 13.7 Å². The quantitative estimate of drug-likeness (QED) is 0.0243. The number of rotatable bonds is 58. The molecular weight excluding hydrogens is 984 g/mol. The maximum atomic E-state index is 13.0. The summed E-state index contributed by atoms with van der Waals surface area (Å²) in [5, 5.41) is 13.9. The van der Waals surface area contributed by atoms with Crippen LogP contribution in [0.3, 0.4) is 0 Å². The van der Waals surface area contributed by atoms with Crippen LogP contribution in [0.1, 0.15) is 271 Å². The lowest BCUT2D eigenvalue weighted by molar-refractivity contribution is -0.870. The van der Waals surface area contributed by atoms with Crippen LogP contribution in [0.5, 0.6) is 0 Å². The molecule has 0 aromatic carbocycles. The number of phosphoric ester groups is 1. The Bertz CT molecular complexity index is 1640. The van der Waals surface area contributed by atoms with Crippen molar-refractivity contribution in [1.82, 2.24) is 5.32 Å². The van der Waals surface area contributed by atoms with Gasteiger partial charge in [0, 0.05) is 6.42 Å². The van der Waals surface area contributed by atoms with Gasteiger partial charge in [-0.3, -0.25) is 13.8 Å². The van der Waals surface area contributed by atoms with Crippen molar-refractivity contribution in [2.75, 3.05) is 40.9 Å². The molecule has 8 nitrogen and oxygen atoms in total. The largest absolute Gasteiger partial charge is 0.472 e. The first-order valence-electron chi connectivity index (χ1n) is 32.3. The third-order valence-electron chi connectivity index (χ3n) is 14.0. The molecule has 0 rings (SSSR count). The third-order valence-corrected chi connectivity index (χ3v) is 14.9. The monoisotopic (exact) mass is 1110 g/mol. The van der Waals surface area contributed by atoms with Gasteiger partial charge in [-0.2, -0.15) is 0 Å². The van der Waals surface area contributed by atoms with E-state index in [0.717, 1.165) is 83.5 Å². The fraction of sp³-hybridized carbons (Fsp3) is 0.725. The zero-order valence-corrected chi connectivity index (χ0v) is 52.3. The van der Waals surface area contributed by atoms with Gasteiger partial charge in [-0.25, -0.2) is 4.57 Å². The van der Waals surface area contributed by atoms with E-state index in [0.29, 0.717) is 17.4 Å². The molecule has 78 heavy (non-hydrogen) atoms. The highest BCUT2D eigenvalue weighted by Gasteiger charge is 2.27. The van der Waals surface area contributed by atoms with Gasteiger partial charge in [0.05, 0.1) is 39.9 Å². The molecule has 0 aromatic rings. The molecule has 0 saturated carbocycles. The van der Waals surface area contributed by atoms with E-state index in [1.54, 1.807) is 6.08 Å². The van der Waals surface area contributed by atoms with Crippen molar-refractivity contribution in [3.63, 3.8) is 0 Å². The number of quaternary nitrogens is 1. The number of aliphatic hydroxyl groups excluding tert-OH is 1. The van der Waals surface area contributed by atoms with Gasteiger partial charge in [0.25, 0.3) is 0 Å². The Morgan fingerprint density at radius 2 is 0.782 bits per heavy atom. The van der Waals surface area contributed by atoms with Crippen molar-refractivity contribution in [3.05, 3.63) is 109 Å². The minimum absolute atomic E-state index is 0.0506. The van der Waals surface area contributed by atoms with E-state index in [2.05, 4.69) is 116 Å². The van der Waals surface area contributed by atoms with Gasteiger partial charge >= 0.3 is 7.82 Å². The average molecular weight is 1110 g/mol. The summed E-state index contributed by atoms with van der Waals surface area (Å²) in [6.07, 6.45) is 86.5. The van der Waals surface area contributed by atoms with Gasteiger partial charge in [0.1, 0.15) is 13.2 Å². The number of nitrogens with zero attached hydrogens (tertiary/aromatic N) is 1. The van der Waals surface area contributed by atoms with Crippen LogP contribution in [0.4, 0.5) is 0 Å². The molecule has 0 aromatic heterocycles. The molecule has 3 unspecified atom stereocenters. The Labute approximate surface area is 482 Å². The normalized spacial score (nSPS) is 14.5. The molecule has 0 aliphatic heterocycles. The molecule has 0 saturated heterocycles. The predicted octanol–water partition coefficient (Wildman–Crippen LogP) is 20.3. The van der Waals surface area contributed by atoms with Gasteiger partial charge in [-0.15, -0.1) is 0 Å². The summed E-state index contributed by atoms with van der Waals surface area (Å²) in [7, 11) is 1.54. The molecule has 0 fully saturated rings. The highest BCUT2D eigenvalue weighted by molar-refractivity contribution is 7.47. The molecule has 9 heteroatoms. The molecule has 0 aliphatic carbocycles. The average Bonchev–Trinajstić information content (AvgIpc) is 3.41. The van der Waals surface area contributed by atoms with Crippen molar-refractivity contribution in [2.45, 2.75) is 283 Å². The van der Waals surface area contributed by atoms with Crippen LogP contribution < -0.4 is 5.32 Å². The minimum atomic E-state index is -4.37. The lowest BCUT2D eigenvalue weighted by Gasteiger charge is -2.25. The van der Waals surface area contributed by atoms with E-state index in [4.69, 9.17) is 9.05 Å². The van der Waals surface area contributed by atoms with E-state index in [-0.39, 0.29) is 19.1 Å². The number of nitrogens with one attached hydrogen (secondary N) is 1. The molecule has 3 atom stereocenters. The molecule has 0 heterocycles. The number of phosphoric acid groups is 1. The highest BCUT2D eigenvalue weighted by Crippen LogP contribution is 2.43. The van der Waals surface area contributed by atoms with Crippen molar-refractivity contribution in [3.8, 4) is 0 Å². The summed E-state index contributed by atoms with van der Waals surface area (Å²) in [4.78, 5) is 23.3. The van der Waals surface area contributed by atoms with Crippen LogP contribution in [0.2, 0.25) is 0 Å². The van der Waals surface area contributed by atoms with E-state index >= 15 is 0 Å². The zero-order chi connectivity index (χ0) is 57.0. The molecule has 0 bridgehead atoms. The predicted molar refractivity (Wildman–Crippen MR) is 341 cm³/mol. The molecule has 1 amide bonds. The SMILES string of the molecule is CC/C=C\C/C=C\C/C=C\C/C=C\C/C=C\C/C=C\CCCCCCCCCCCCCCCCCCCCC(=O)NC(COP(=O)(O)OCC[N+](C)(C)C)C(O)/C=C/CC/C=C/CC/C=C/CCCCCCCCCCC. The smallest absolute Gasteiger partial charge is 0.387 e. The molecule has 0 aliphatic rings. The Kier molecular flexibility index (Phi) is 56.7. The molecule has 0 spiro atoms. The topological polar surface area (TPSA) is 105 Å². The fourth-order valence-electron chi connectivity index (χ4n) is 8.96. The molecule has 450 valence electrons. The second-order valence-corrected chi connectivity index (χ2v) is 24.2. The number of allylic oxidation sites excluding steroid dienone is 17. The summed E-state index contributed by atoms with van der Waals surface area (Å²) in [6.45, 7) is 4.68. The molecule has 0 radical (unpaired) electrons. The minimum Gasteiger partial charge on any atom is -0.387 e. The summed E-state index contributed by atoms with van der Waals surface area (Å²) in [5.41, 5.74) is 0. The Balaban J connectivity index is 4.09. The van der Waals surface area contributed by atoms with Crippen LogP contribution in [0, 0.1) is 0 Å². The number of amides is 1. The number of aliphatic hydroxyl groups is 1. The van der Waals surface area contributed by atoms with Gasteiger partial charge in [-0.1, -0.05) is 277 Å². The van der Waals surface area contributed by atoms with Gasteiger partial charge in [-0.05, 0) is 96.3 Å². The molecular formula is C69H124N2O6P+. The fourth-order valence-corrected chi connectivity index (χ4v) is 9.70.